The molecule has 9 nitrogen and oxygen atoms in total. The van der Waals surface area contributed by atoms with Crippen molar-refractivity contribution in [3.05, 3.63) is 86.0 Å². The van der Waals surface area contributed by atoms with E-state index in [1.165, 1.54) is 10.6 Å². The maximum atomic E-state index is 14.8. The molecule has 0 atom stereocenters. The summed E-state index contributed by atoms with van der Waals surface area (Å²) in [5.41, 5.74) is 0.570. The molecule has 0 bridgehead atoms. The summed E-state index contributed by atoms with van der Waals surface area (Å²) in [6.45, 7) is 7.91. The zero-order valence-corrected chi connectivity index (χ0v) is 20.1. The molecule has 0 fully saturated rings. The van der Waals surface area contributed by atoms with Gasteiger partial charge in [-0.1, -0.05) is 26.8 Å². The number of aryl methyl sites for hydroxylation is 2. The van der Waals surface area contributed by atoms with Crippen LogP contribution in [0.25, 0.3) is 16.7 Å². The van der Waals surface area contributed by atoms with Crippen LogP contribution >= 0.6 is 0 Å². The first-order chi connectivity index (χ1) is 16.7. The highest BCUT2D eigenvalue weighted by atomic mass is 19.1. The SMILES string of the molecule is CCCn1c(=O)[nH]c(=O)c2c(C(=O)NCc3ccc(-n4ccnc4C)c(F)c3)cc(C(C)C)nc21. The third kappa shape index (κ3) is 4.64. The normalized spacial score (nSPS) is 11.4. The maximum absolute atomic E-state index is 14.8. The van der Waals surface area contributed by atoms with Crippen molar-refractivity contribution >= 4 is 16.9 Å². The van der Waals surface area contributed by atoms with Gasteiger partial charge in [0.2, 0.25) is 0 Å². The number of nitrogens with zero attached hydrogens (tertiary/aromatic N) is 4. The molecule has 4 rings (SSSR count). The number of aromatic amines is 1. The van der Waals surface area contributed by atoms with Crippen LogP contribution in [0.4, 0.5) is 4.39 Å². The monoisotopic (exact) mass is 478 g/mol. The minimum atomic E-state index is -0.670. The van der Waals surface area contributed by atoms with Crippen molar-refractivity contribution in [1.82, 2.24) is 29.4 Å². The zero-order valence-electron chi connectivity index (χ0n) is 20.1. The number of hydrogen-bond acceptors (Lipinski definition) is 5. The average molecular weight is 479 g/mol. The number of nitrogens with one attached hydrogen (secondary N) is 2. The average Bonchev–Trinajstić information content (AvgIpc) is 3.24. The summed E-state index contributed by atoms with van der Waals surface area (Å²) in [7, 11) is 0. The molecule has 10 heteroatoms. The molecule has 1 amide bonds. The van der Waals surface area contributed by atoms with E-state index in [1.54, 1.807) is 42.1 Å². The Morgan fingerprint density at radius 3 is 2.63 bits per heavy atom. The Labute approximate surface area is 200 Å². The summed E-state index contributed by atoms with van der Waals surface area (Å²) < 4.78 is 17.8. The van der Waals surface area contributed by atoms with E-state index < -0.39 is 23.0 Å². The molecule has 182 valence electrons. The Bertz CT molecular complexity index is 1530. The number of carbonyl (C=O) groups is 1. The van der Waals surface area contributed by atoms with Gasteiger partial charge in [0.15, 0.2) is 5.65 Å². The van der Waals surface area contributed by atoms with Gasteiger partial charge in [0.1, 0.15) is 11.6 Å². The van der Waals surface area contributed by atoms with Gasteiger partial charge in [-0.2, -0.15) is 0 Å². The van der Waals surface area contributed by atoms with Gasteiger partial charge >= 0.3 is 5.69 Å². The summed E-state index contributed by atoms with van der Waals surface area (Å²) in [5.74, 6) is -0.346. The molecule has 4 aromatic rings. The Kier molecular flexibility index (Phi) is 6.63. The van der Waals surface area contributed by atoms with Gasteiger partial charge in [-0.3, -0.25) is 19.1 Å². The molecule has 1 aromatic carbocycles. The van der Waals surface area contributed by atoms with E-state index in [-0.39, 0.29) is 29.1 Å². The van der Waals surface area contributed by atoms with Crippen molar-refractivity contribution in [2.24, 2.45) is 0 Å². The second kappa shape index (κ2) is 9.65. The minimum absolute atomic E-state index is 0.0383. The smallest absolute Gasteiger partial charge is 0.329 e. The third-order valence-corrected chi connectivity index (χ3v) is 5.80. The van der Waals surface area contributed by atoms with Gasteiger partial charge in [-0.05, 0) is 43.0 Å². The molecule has 2 N–H and O–H groups in total. The second-order valence-electron chi connectivity index (χ2n) is 8.67. The largest absolute Gasteiger partial charge is 0.348 e. The Morgan fingerprint density at radius 2 is 2.00 bits per heavy atom. The van der Waals surface area contributed by atoms with Crippen LogP contribution in [-0.2, 0) is 13.1 Å². The van der Waals surface area contributed by atoms with Gasteiger partial charge in [0.05, 0.1) is 16.6 Å². The molecule has 3 heterocycles. The van der Waals surface area contributed by atoms with E-state index in [1.807, 2.05) is 20.8 Å². The number of H-pyrrole nitrogens is 1. The molecule has 35 heavy (non-hydrogen) atoms. The lowest BCUT2D eigenvalue weighted by molar-refractivity contribution is 0.0952. The van der Waals surface area contributed by atoms with Crippen LogP contribution in [0.5, 0.6) is 0 Å². The lowest BCUT2D eigenvalue weighted by Gasteiger charge is -2.15. The van der Waals surface area contributed by atoms with Crippen molar-refractivity contribution in [1.29, 1.82) is 0 Å². The van der Waals surface area contributed by atoms with Crippen molar-refractivity contribution in [2.75, 3.05) is 0 Å². The lowest BCUT2D eigenvalue weighted by atomic mass is 10.0. The number of pyridine rings is 1. The first-order valence-corrected chi connectivity index (χ1v) is 11.5. The van der Waals surface area contributed by atoms with E-state index in [4.69, 9.17) is 0 Å². The standard InChI is InChI=1S/C25H27FN6O3/c1-5-9-32-22-21(24(34)30-25(32)35)17(12-19(29-22)14(2)3)23(33)28-13-16-6-7-20(18(26)11-16)31-10-8-27-15(31)4/h6-8,10-12,14H,5,9,13H2,1-4H3,(H,28,33)(H,30,34,35). The first-order valence-electron chi connectivity index (χ1n) is 11.5. The van der Waals surface area contributed by atoms with Gasteiger partial charge in [0, 0.05) is 31.2 Å². The highest BCUT2D eigenvalue weighted by molar-refractivity contribution is 6.05. The summed E-state index contributed by atoms with van der Waals surface area (Å²) in [6, 6.07) is 6.27. The number of rotatable bonds is 7. The van der Waals surface area contributed by atoms with Crippen molar-refractivity contribution in [2.45, 2.75) is 53.1 Å². The van der Waals surface area contributed by atoms with Crippen LogP contribution < -0.4 is 16.6 Å². The third-order valence-electron chi connectivity index (χ3n) is 5.80. The summed E-state index contributed by atoms with van der Waals surface area (Å²) in [6.07, 6.45) is 3.91. The number of halogens is 1. The topological polar surface area (TPSA) is 115 Å². The van der Waals surface area contributed by atoms with Gasteiger partial charge in [-0.15, -0.1) is 0 Å². The van der Waals surface area contributed by atoms with E-state index >= 15 is 0 Å². The first kappa shape index (κ1) is 24.1. The molecular formula is C25H27FN6O3. The number of amides is 1. The lowest BCUT2D eigenvalue weighted by Crippen LogP contribution is -2.33. The quantitative estimate of drug-likeness (QED) is 0.423. The van der Waals surface area contributed by atoms with E-state index in [0.717, 1.165) is 0 Å². The van der Waals surface area contributed by atoms with Gasteiger partial charge in [0.25, 0.3) is 11.5 Å². The number of hydrogen-bond donors (Lipinski definition) is 2. The predicted octanol–water partition coefficient (Wildman–Crippen LogP) is 3.18. The van der Waals surface area contributed by atoms with Crippen LogP contribution in [0, 0.1) is 12.7 Å². The van der Waals surface area contributed by atoms with Gasteiger partial charge in [-0.25, -0.2) is 19.2 Å². The summed E-state index contributed by atoms with van der Waals surface area (Å²) >= 11 is 0. The van der Waals surface area contributed by atoms with Crippen molar-refractivity contribution in [3.8, 4) is 5.69 Å². The van der Waals surface area contributed by atoms with Crippen molar-refractivity contribution in [3.63, 3.8) is 0 Å². The van der Waals surface area contributed by atoms with E-state index in [0.29, 0.717) is 35.7 Å². The van der Waals surface area contributed by atoms with Crippen LogP contribution in [0.1, 0.15) is 60.5 Å². The molecule has 3 aromatic heterocycles. The van der Waals surface area contributed by atoms with E-state index in [2.05, 4.69) is 20.3 Å². The van der Waals surface area contributed by atoms with Crippen LogP contribution in [0.15, 0.2) is 46.2 Å². The van der Waals surface area contributed by atoms with Crippen LogP contribution in [0.2, 0.25) is 0 Å². The predicted molar refractivity (Wildman–Crippen MR) is 130 cm³/mol. The van der Waals surface area contributed by atoms with Crippen LogP contribution in [-0.4, -0.2) is 30.0 Å². The van der Waals surface area contributed by atoms with Gasteiger partial charge < -0.3 is 9.88 Å². The zero-order chi connectivity index (χ0) is 25.3. The number of fused-ring (bicyclic) bond motifs is 1. The highest BCUT2D eigenvalue weighted by Crippen LogP contribution is 2.21. The molecular weight excluding hydrogens is 451 g/mol. The fraction of sp³-hybridized carbons (Fsp3) is 0.320. The number of aromatic nitrogens is 5. The Morgan fingerprint density at radius 1 is 1.23 bits per heavy atom. The van der Waals surface area contributed by atoms with Crippen molar-refractivity contribution < 1.29 is 9.18 Å². The Balaban J connectivity index is 1.69. The van der Waals surface area contributed by atoms with E-state index in [9.17, 15) is 18.8 Å². The molecule has 0 aliphatic rings. The molecule has 0 unspecified atom stereocenters. The Hall–Kier alpha value is -4.08. The molecule has 0 saturated carbocycles. The summed E-state index contributed by atoms with van der Waals surface area (Å²) in [4.78, 5) is 49.3. The summed E-state index contributed by atoms with van der Waals surface area (Å²) in [5, 5.41) is 2.82. The molecule has 0 spiro atoms. The highest BCUT2D eigenvalue weighted by Gasteiger charge is 2.20. The minimum Gasteiger partial charge on any atom is -0.348 e. The fourth-order valence-corrected chi connectivity index (χ4v) is 3.97. The molecule has 0 saturated heterocycles. The molecule has 0 radical (unpaired) electrons. The van der Waals surface area contributed by atoms with Crippen LogP contribution in [0.3, 0.4) is 0 Å². The second-order valence-corrected chi connectivity index (χ2v) is 8.67. The number of benzene rings is 1. The number of carbonyl (C=O) groups excluding carboxylic acids is 1. The number of imidazole rings is 1. The fourth-order valence-electron chi connectivity index (χ4n) is 3.97. The molecule has 0 aliphatic heterocycles. The molecule has 0 aliphatic carbocycles. The maximum Gasteiger partial charge on any atom is 0.329 e.